The first-order valence-corrected chi connectivity index (χ1v) is 13.4. The lowest BCUT2D eigenvalue weighted by atomic mass is 10.0. The molecule has 1 unspecified atom stereocenters. The van der Waals surface area contributed by atoms with E-state index in [9.17, 15) is 8.60 Å². The Morgan fingerprint density at radius 3 is 2.42 bits per heavy atom. The molecule has 3 aromatic rings. The maximum Gasteiger partial charge on any atom is 0.167 e. The second-order valence-corrected chi connectivity index (χ2v) is 10.4. The van der Waals surface area contributed by atoms with Crippen molar-refractivity contribution >= 4 is 51.4 Å². The first-order valence-electron chi connectivity index (χ1n) is 11.1. The average Bonchev–Trinajstić information content (AvgIpc) is 2.85. The Hall–Kier alpha value is -2.79. The predicted molar refractivity (Wildman–Crippen MR) is 142 cm³/mol. The minimum absolute atomic E-state index is 0.0789. The highest BCUT2D eigenvalue weighted by atomic mass is 35.5. The van der Waals surface area contributed by atoms with Gasteiger partial charge in [-0.3, -0.25) is 10.4 Å². The second-order valence-electron chi connectivity index (χ2n) is 8.27. The number of piperazine rings is 1. The molecule has 0 radical (unpaired) electrons. The minimum Gasteiger partial charge on any atom is -0.483 e. The van der Waals surface area contributed by atoms with Crippen molar-refractivity contribution in [1.82, 2.24) is 14.3 Å². The predicted octanol–water partition coefficient (Wildman–Crippen LogP) is 4.48. The molecule has 3 N–H and O–H groups in total. The summed E-state index contributed by atoms with van der Waals surface area (Å²) in [5.74, 6) is 0.0121. The smallest absolute Gasteiger partial charge is 0.167 e. The Labute approximate surface area is 221 Å². The van der Waals surface area contributed by atoms with Crippen LogP contribution in [0, 0.1) is 11.2 Å². The van der Waals surface area contributed by atoms with Crippen LogP contribution in [0.25, 0.3) is 0 Å². The van der Waals surface area contributed by atoms with Crippen LogP contribution in [0.3, 0.4) is 0 Å². The zero-order valence-corrected chi connectivity index (χ0v) is 22.0. The van der Waals surface area contributed by atoms with Crippen LogP contribution in [0.5, 0.6) is 5.75 Å². The number of nitrogens with one attached hydrogen (secondary N) is 1. The van der Waals surface area contributed by atoms with E-state index < -0.39 is 22.9 Å². The van der Waals surface area contributed by atoms with Crippen molar-refractivity contribution < 1.29 is 13.3 Å². The molecule has 4 rings (SSSR count). The highest BCUT2D eigenvalue weighted by Crippen LogP contribution is 2.34. The number of halogens is 3. The molecule has 1 saturated heterocycles. The lowest BCUT2D eigenvalue weighted by Gasteiger charge is -2.33. The molecule has 12 heteroatoms. The number of anilines is 2. The molecule has 0 saturated carbocycles. The summed E-state index contributed by atoms with van der Waals surface area (Å²) in [5.41, 5.74) is 7.54. The Morgan fingerprint density at radius 1 is 1.17 bits per heavy atom. The fraction of sp³-hybridized carbons (Fsp3) is 0.292. The molecule has 1 fully saturated rings. The van der Waals surface area contributed by atoms with Crippen LogP contribution in [-0.2, 0) is 11.0 Å². The molecule has 8 nitrogen and oxygen atoms in total. The molecular weight excluding hydrogens is 526 g/mol. The standard InChI is InChI=1S/C24H25Cl2FN6O2S/c1-14(23-17(25)12-30-13-18(23)26)35-21-9-16(20(28)10-19(21)27)24(29)15-3-4-22(31-11-15)32-5-7-33(8-6-32)36(2)34/h3-4,9-14,29H,5-8,28H2,1-2H3/t14-,36?/m1/s1. The molecule has 2 atom stereocenters. The van der Waals surface area contributed by atoms with E-state index in [0.29, 0.717) is 52.9 Å². The van der Waals surface area contributed by atoms with Gasteiger partial charge in [0.25, 0.3) is 0 Å². The molecule has 0 bridgehead atoms. The molecule has 36 heavy (non-hydrogen) atoms. The quantitative estimate of drug-likeness (QED) is 0.331. The third kappa shape index (κ3) is 5.62. The van der Waals surface area contributed by atoms with Gasteiger partial charge in [0.1, 0.15) is 11.9 Å². The summed E-state index contributed by atoms with van der Waals surface area (Å²) in [6, 6.07) is 6.12. The number of nitrogens with zero attached hydrogens (tertiary/aromatic N) is 4. The number of hydrogen-bond donors (Lipinski definition) is 2. The highest BCUT2D eigenvalue weighted by molar-refractivity contribution is 7.81. The summed E-state index contributed by atoms with van der Waals surface area (Å²) in [7, 11) is -0.984. The summed E-state index contributed by atoms with van der Waals surface area (Å²) in [5, 5.41) is 9.28. The molecule has 1 aromatic carbocycles. The number of nitrogen functional groups attached to an aromatic ring is 1. The van der Waals surface area contributed by atoms with E-state index in [-0.39, 0.29) is 17.1 Å². The van der Waals surface area contributed by atoms with E-state index in [1.54, 1.807) is 25.4 Å². The molecule has 0 spiro atoms. The van der Waals surface area contributed by atoms with E-state index in [1.807, 2.05) is 10.4 Å². The normalized spacial score (nSPS) is 16.0. The van der Waals surface area contributed by atoms with Gasteiger partial charge < -0.3 is 15.4 Å². The molecular formula is C24H25Cl2FN6O2S. The van der Waals surface area contributed by atoms with Crippen molar-refractivity contribution in [3.05, 3.63) is 75.4 Å². The third-order valence-corrected chi connectivity index (χ3v) is 7.63. The third-order valence-electron chi connectivity index (χ3n) is 5.94. The summed E-state index contributed by atoms with van der Waals surface area (Å²) < 4.78 is 34.1. The van der Waals surface area contributed by atoms with E-state index >= 15 is 0 Å². The number of rotatable bonds is 7. The molecule has 2 aromatic heterocycles. The maximum absolute atomic E-state index is 14.7. The van der Waals surface area contributed by atoms with Crippen LogP contribution in [0.2, 0.25) is 10.0 Å². The first-order chi connectivity index (χ1) is 17.2. The van der Waals surface area contributed by atoms with Crippen LogP contribution >= 0.6 is 23.2 Å². The van der Waals surface area contributed by atoms with Crippen LogP contribution < -0.4 is 15.4 Å². The highest BCUT2D eigenvalue weighted by Gasteiger charge is 2.22. The lowest BCUT2D eigenvalue weighted by molar-refractivity contribution is 0.216. The van der Waals surface area contributed by atoms with E-state index in [0.717, 1.165) is 11.9 Å². The Bertz CT molecular complexity index is 1280. The SMILES string of the molecule is C[C@@H](Oc1cc(C(=N)c2ccc(N3CCN(S(C)=O)CC3)nc2)c(N)cc1F)c1c(Cl)cncc1Cl. The van der Waals surface area contributed by atoms with E-state index in [2.05, 4.69) is 14.9 Å². The van der Waals surface area contributed by atoms with Gasteiger partial charge in [-0.25, -0.2) is 17.9 Å². The number of nitrogens with two attached hydrogens (primary N) is 1. The minimum atomic E-state index is -0.984. The number of aromatic nitrogens is 2. The molecule has 3 heterocycles. The Kier molecular flexibility index (Phi) is 8.09. The molecule has 190 valence electrons. The number of benzene rings is 1. The van der Waals surface area contributed by atoms with Crippen molar-refractivity contribution in [3.63, 3.8) is 0 Å². The van der Waals surface area contributed by atoms with Crippen LogP contribution in [0.1, 0.15) is 29.7 Å². The number of hydrogen-bond acceptors (Lipinski definition) is 7. The fourth-order valence-electron chi connectivity index (χ4n) is 3.99. The number of ether oxygens (including phenoxy) is 1. The van der Waals surface area contributed by atoms with Crippen molar-refractivity contribution in [2.75, 3.05) is 43.1 Å². The van der Waals surface area contributed by atoms with Crippen LogP contribution in [0.15, 0.2) is 42.9 Å². The van der Waals surface area contributed by atoms with Gasteiger partial charge in [0.05, 0.1) is 26.7 Å². The van der Waals surface area contributed by atoms with Gasteiger partial charge >= 0.3 is 0 Å². The van der Waals surface area contributed by atoms with E-state index in [1.165, 1.54) is 18.5 Å². The lowest BCUT2D eigenvalue weighted by Crippen LogP contribution is -2.47. The van der Waals surface area contributed by atoms with Crippen molar-refractivity contribution in [3.8, 4) is 5.75 Å². The maximum atomic E-state index is 14.7. The second kappa shape index (κ2) is 11.1. The summed E-state index contributed by atoms with van der Waals surface area (Å²) in [6.45, 7) is 4.48. The van der Waals surface area contributed by atoms with Crippen molar-refractivity contribution in [2.45, 2.75) is 13.0 Å². The largest absolute Gasteiger partial charge is 0.483 e. The van der Waals surface area contributed by atoms with Gasteiger partial charge in [-0.2, -0.15) is 0 Å². The Morgan fingerprint density at radius 2 is 1.83 bits per heavy atom. The van der Waals surface area contributed by atoms with Gasteiger partial charge in [0.2, 0.25) is 0 Å². The molecule has 1 aliphatic heterocycles. The number of pyridine rings is 2. The van der Waals surface area contributed by atoms with Crippen molar-refractivity contribution in [1.29, 1.82) is 5.41 Å². The topological polar surface area (TPSA) is 108 Å². The van der Waals surface area contributed by atoms with Gasteiger partial charge in [0, 0.05) is 79.5 Å². The van der Waals surface area contributed by atoms with Gasteiger partial charge in [-0.1, -0.05) is 23.2 Å². The molecule has 1 aliphatic rings. The Balaban J connectivity index is 1.53. The van der Waals surface area contributed by atoms with Gasteiger partial charge in [0.15, 0.2) is 11.6 Å². The monoisotopic (exact) mass is 550 g/mol. The summed E-state index contributed by atoms with van der Waals surface area (Å²) >= 11 is 12.4. The van der Waals surface area contributed by atoms with Crippen molar-refractivity contribution in [2.24, 2.45) is 0 Å². The fourth-order valence-corrected chi connectivity index (χ4v) is 5.33. The van der Waals surface area contributed by atoms with E-state index in [4.69, 9.17) is 39.1 Å². The molecule has 0 aliphatic carbocycles. The first kappa shape index (κ1) is 26.3. The summed E-state index contributed by atoms with van der Waals surface area (Å²) in [4.78, 5) is 10.5. The van der Waals surface area contributed by atoms with Gasteiger partial charge in [-0.05, 0) is 25.1 Å². The zero-order chi connectivity index (χ0) is 26.0. The summed E-state index contributed by atoms with van der Waals surface area (Å²) in [6.07, 6.45) is 5.45. The average molecular weight is 551 g/mol. The van der Waals surface area contributed by atoms with Gasteiger partial charge in [-0.15, -0.1) is 0 Å². The zero-order valence-electron chi connectivity index (χ0n) is 19.7. The van der Waals surface area contributed by atoms with Crippen LogP contribution in [0.4, 0.5) is 15.9 Å². The molecule has 0 amide bonds. The van der Waals surface area contributed by atoms with Crippen LogP contribution in [-0.4, -0.2) is 56.6 Å².